The summed E-state index contributed by atoms with van der Waals surface area (Å²) in [5.74, 6) is -0.306. The topological polar surface area (TPSA) is 84.9 Å². The molecule has 1 aliphatic heterocycles. The average Bonchev–Trinajstić information content (AvgIpc) is 2.92. The summed E-state index contributed by atoms with van der Waals surface area (Å²) in [5.41, 5.74) is 0.629. The Morgan fingerprint density at radius 1 is 1.00 bits per heavy atom. The van der Waals surface area contributed by atoms with Gasteiger partial charge in [0, 0.05) is 12.1 Å². The van der Waals surface area contributed by atoms with E-state index in [2.05, 4.69) is 5.32 Å². The van der Waals surface area contributed by atoms with E-state index in [1.807, 2.05) is 0 Å². The highest BCUT2D eigenvalue weighted by Crippen LogP contribution is 2.35. The van der Waals surface area contributed by atoms with E-state index in [-0.39, 0.29) is 6.54 Å². The maximum atomic E-state index is 13.0. The number of carbonyl (C=O) groups is 3. The van der Waals surface area contributed by atoms with Gasteiger partial charge in [-0.15, -0.1) is 0 Å². The number of imide groups is 1. The lowest BCUT2D eigenvalue weighted by Gasteiger charge is -2.28. The molecule has 0 saturated carbocycles. The van der Waals surface area contributed by atoms with Crippen LogP contribution in [0.15, 0.2) is 48.5 Å². The molecule has 0 aromatic heterocycles. The van der Waals surface area contributed by atoms with Gasteiger partial charge in [0.15, 0.2) is 0 Å². The van der Waals surface area contributed by atoms with Crippen LogP contribution < -0.4 is 10.1 Å². The third-order valence-electron chi connectivity index (χ3n) is 4.47. The molecule has 2 aromatic rings. The Labute approximate surface area is 169 Å². The number of fused-ring (bicyclic) bond motifs is 1. The van der Waals surface area contributed by atoms with Crippen molar-refractivity contribution in [1.82, 2.24) is 10.2 Å². The minimum Gasteiger partial charge on any atom is -0.496 e. The second-order valence-electron chi connectivity index (χ2n) is 7.67. The molecule has 1 atom stereocenters. The van der Waals surface area contributed by atoms with Gasteiger partial charge in [-0.05, 0) is 39.0 Å². The fourth-order valence-corrected chi connectivity index (χ4v) is 3.27. The molecule has 0 saturated heterocycles. The van der Waals surface area contributed by atoms with Gasteiger partial charge in [-0.1, -0.05) is 30.3 Å². The standard InChI is InChI=1S/C22H24N2O5/c1-22(2,3)29-21(27)23-13-17(16-11-7-8-12-18(16)28-4)24-19(25)14-9-5-6-10-15(14)20(24)26/h5-12,17H,13H2,1-4H3,(H,23,27). The van der Waals surface area contributed by atoms with E-state index in [1.165, 1.54) is 12.0 Å². The zero-order valence-electron chi connectivity index (χ0n) is 16.9. The van der Waals surface area contributed by atoms with Gasteiger partial charge in [-0.25, -0.2) is 4.79 Å². The van der Waals surface area contributed by atoms with Crippen LogP contribution in [-0.2, 0) is 4.74 Å². The molecule has 3 amide bonds. The van der Waals surface area contributed by atoms with Gasteiger partial charge in [-0.3, -0.25) is 14.5 Å². The maximum Gasteiger partial charge on any atom is 0.407 e. The highest BCUT2D eigenvalue weighted by molar-refractivity contribution is 6.21. The number of nitrogens with one attached hydrogen (secondary N) is 1. The predicted octanol–water partition coefficient (Wildman–Crippen LogP) is 3.56. The summed E-state index contributed by atoms with van der Waals surface area (Å²) in [6.45, 7) is 5.26. The van der Waals surface area contributed by atoms with Gasteiger partial charge in [0.05, 0.1) is 24.3 Å². The molecule has 7 heteroatoms. The zero-order chi connectivity index (χ0) is 21.2. The van der Waals surface area contributed by atoms with Crippen molar-refractivity contribution in [2.24, 2.45) is 0 Å². The maximum absolute atomic E-state index is 13.0. The van der Waals surface area contributed by atoms with Gasteiger partial charge >= 0.3 is 6.09 Å². The molecule has 0 radical (unpaired) electrons. The van der Waals surface area contributed by atoms with Gasteiger partial charge in [0.25, 0.3) is 11.8 Å². The number of rotatable bonds is 5. The lowest BCUT2D eigenvalue weighted by Crippen LogP contribution is -2.42. The van der Waals surface area contributed by atoms with Crippen LogP contribution in [0, 0.1) is 0 Å². The van der Waals surface area contributed by atoms with Crippen LogP contribution in [0.2, 0.25) is 0 Å². The molecule has 7 nitrogen and oxygen atoms in total. The molecule has 29 heavy (non-hydrogen) atoms. The van der Waals surface area contributed by atoms with Crippen molar-refractivity contribution in [3.8, 4) is 5.75 Å². The van der Waals surface area contributed by atoms with E-state index < -0.39 is 29.6 Å². The highest BCUT2D eigenvalue weighted by atomic mass is 16.6. The summed E-state index contributed by atoms with van der Waals surface area (Å²) in [5, 5.41) is 2.67. The van der Waals surface area contributed by atoms with Crippen LogP contribution in [0.4, 0.5) is 4.79 Å². The first-order chi connectivity index (χ1) is 13.7. The van der Waals surface area contributed by atoms with Crippen molar-refractivity contribution >= 4 is 17.9 Å². The fraction of sp³-hybridized carbons (Fsp3) is 0.318. The van der Waals surface area contributed by atoms with E-state index >= 15 is 0 Å². The molecule has 0 fully saturated rings. The van der Waals surface area contributed by atoms with Crippen LogP contribution in [-0.4, -0.2) is 42.1 Å². The number of alkyl carbamates (subject to hydrolysis) is 1. The zero-order valence-corrected chi connectivity index (χ0v) is 16.9. The van der Waals surface area contributed by atoms with Crippen molar-refractivity contribution in [2.45, 2.75) is 32.4 Å². The molecule has 3 rings (SSSR count). The molecule has 0 bridgehead atoms. The third-order valence-corrected chi connectivity index (χ3v) is 4.47. The molecule has 1 unspecified atom stereocenters. The summed E-state index contributed by atoms with van der Waals surface area (Å²) in [6, 6.07) is 13.0. The number of ether oxygens (including phenoxy) is 2. The van der Waals surface area contributed by atoms with E-state index in [0.717, 1.165) is 0 Å². The monoisotopic (exact) mass is 396 g/mol. The molecular formula is C22H24N2O5. The van der Waals surface area contributed by atoms with E-state index in [4.69, 9.17) is 9.47 Å². The summed E-state index contributed by atoms with van der Waals surface area (Å²) in [7, 11) is 1.51. The van der Waals surface area contributed by atoms with Crippen molar-refractivity contribution in [2.75, 3.05) is 13.7 Å². The van der Waals surface area contributed by atoms with Crippen molar-refractivity contribution in [3.63, 3.8) is 0 Å². The number of amides is 3. The van der Waals surface area contributed by atoms with Crippen LogP contribution in [0.1, 0.15) is 53.1 Å². The molecular weight excluding hydrogens is 372 g/mol. The van der Waals surface area contributed by atoms with Crippen LogP contribution in [0.3, 0.4) is 0 Å². The van der Waals surface area contributed by atoms with E-state index in [0.29, 0.717) is 22.4 Å². The Kier molecular flexibility index (Phi) is 5.59. The average molecular weight is 396 g/mol. The normalized spacial score (nSPS) is 14.4. The Bertz CT molecular complexity index is 913. The van der Waals surface area contributed by atoms with Crippen LogP contribution in [0.5, 0.6) is 5.75 Å². The Hall–Kier alpha value is -3.35. The van der Waals surface area contributed by atoms with Crippen LogP contribution >= 0.6 is 0 Å². The lowest BCUT2D eigenvalue weighted by molar-refractivity contribution is 0.0466. The second kappa shape index (κ2) is 7.95. The fourth-order valence-electron chi connectivity index (χ4n) is 3.27. The number of hydrogen-bond donors (Lipinski definition) is 1. The quantitative estimate of drug-likeness (QED) is 0.781. The summed E-state index contributed by atoms with van der Waals surface area (Å²) < 4.78 is 10.7. The Morgan fingerprint density at radius 3 is 2.10 bits per heavy atom. The molecule has 0 aliphatic carbocycles. The summed E-state index contributed by atoms with van der Waals surface area (Å²) >= 11 is 0. The second-order valence-corrected chi connectivity index (χ2v) is 7.67. The van der Waals surface area contributed by atoms with Gasteiger partial charge < -0.3 is 14.8 Å². The minimum absolute atomic E-state index is 0.0131. The molecule has 1 aliphatic rings. The number of hydrogen-bond acceptors (Lipinski definition) is 5. The highest BCUT2D eigenvalue weighted by Gasteiger charge is 2.41. The van der Waals surface area contributed by atoms with Crippen molar-refractivity contribution in [1.29, 1.82) is 0 Å². The first kappa shape index (κ1) is 20.4. The molecule has 0 spiro atoms. The molecule has 1 N–H and O–H groups in total. The van der Waals surface area contributed by atoms with Crippen molar-refractivity contribution < 1.29 is 23.9 Å². The van der Waals surface area contributed by atoms with Gasteiger partial charge in [0.1, 0.15) is 11.4 Å². The Balaban J connectivity index is 1.95. The number of benzene rings is 2. The van der Waals surface area contributed by atoms with E-state index in [1.54, 1.807) is 69.3 Å². The number of methoxy groups -OCH3 is 1. The van der Waals surface area contributed by atoms with Crippen LogP contribution in [0.25, 0.3) is 0 Å². The first-order valence-corrected chi connectivity index (χ1v) is 9.29. The smallest absolute Gasteiger partial charge is 0.407 e. The molecule has 1 heterocycles. The minimum atomic E-state index is -0.758. The summed E-state index contributed by atoms with van der Waals surface area (Å²) in [4.78, 5) is 39.4. The number of para-hydroxylation sites is 1. The molecule has 152 valence electrons. The van der Waals surface area contributed by atoms with Gasteiger partial charge in [0.2, 0.25) is 0 Å². The van der Waals surface area contributed by atoms with Gasteiger partial charge in [-0.2, -0.15) is 0 Å². The number of nitrogens with zero attached hydrogens (tertiary/aromatic N) is 1. The third kappa shape index (κ3) is 4.23. The summed E-state index contributed by atoms with van der Waals surface area (Å²) in [6.07, 6.45) is -0.631. The largest absolute Gasteiger partial charge is 0.496 e. The molecule has 2 aromatic carbocycles. The number of carbonyl (C=O) groups excluding carboxylic acids is 3. The SMILES string of the molecule is COc1ccccc1C(CNC(=O)OC(C)(C)C)N1C(=O)c2ccccc2C1=O. The van der Waals surface area contributed by atoms with Crippen molar-refractivity contribution in [3.05, 3.63) is 65.2 Å². The first-order valence-electron chi connectivity index (χ1n) is 9.29. The Morgan fingerprint density at radius 2 is 1.55 bits per heavy atom. The van der Waals surface area contributed by atoms with E-state index in [9.17, 15) is 14.4 Å². The lowest BCUT2D eigenvalue weighted by atomic mass is 10.0. The predicted molar refractivity (Wildman–Crippen MR) is 107 cm³/mol.